The van der Waals surface area contributed by atoms with Gasteiger partial charge < -0.3 is 9.88 Å². The first-order valence-corrected chi connectivity index (χ1v) is 8.06. The highest BCUT2D eigenvalue weighted by atomic mass is 35.5. The van der Waals surface area contributed by atoms with Crippen LogP contribution in [0.25, 0.3) is 11.2 Å². The molecule has 0 aromatic carbocycles. The van der Waals surface area contributed by atoms with Gasteiger partial charge >= 0.3 is 0 Å². The van der Waals surface area contributed by atoms with E-state index in [9.17, 15) is 0 Å². The molecule has 3 aromatic rings. The fraction of sp³-hybridized carbons (Fsp3) is 0.375. The molecule has 0 aliphatic carbocycles. The third-order valence-corrected chi connectivity index (χ3v) is 3.30. The molecule has 0 atom stereocenters. The zero-order chi connectivity index (χ0) is 16.8. The largest absolute Gasteiger partial charge is 0.364 e. The molecule has 0 aliphatic heterocycles. The predicted molar refractivity (Wildman–Crippen MR) is 93.6 cm³/mol. The van der Waals surface area contributed by atoms with Crippen LogP contribution in [0.4, 0.5) is 5.82 Å². The van der Waals surface area contributed by atoms with Gasteiger partial charge in [0.1, 0.15) is 0 Å². The number of aromatic nitrogens is 5. The van der Waals surface area contributed by atoms with Gasteiger partial charge in [-0.15, -0.1) is 0 Å². The minimum atomic E-state index is 0.207. The highest BCUT2D eigenvalue weighted by Crippen LogP contribution is 2.23. The van der Waals surface area contributed by atoms with Crippen LogP contribution in [-0.2, 0) is 6.54 Å². The Labute approximate surface area is 141 Å². The fourth-order valence-corrected chi connectivity index (χ4v) is 2.24. The molecule has 122 valence electrons. The third kappa shape index (κ3) is 3.96. The van der Waals surface area contributed by atoms with E-state index in [0.717, 1.165) is 16.7 Å². The number of pyridine rings is 1. The molecule has 3 rings (SSSR count). The average molecular weight is 333 g/mol. The summed E-state index contributed by atoms with van der Waals surface area (Å²) in [6, 6.07) is 4.15. The van der Waals surface area contributed by atoms with Gasteiger partial charge in [0.15, 0.2) is 17.0 Å². The Morgan fingerprint density at radius 2 is 2.04 bits per heavy atom. The second-order valence-electron chi connectivity index (χ2n) is 4.97. The van der Waals surface area contributed by atoms with Crippen LogP contribution in [-0.4, -0.2) is 24.5 Å². The van der Waals surface area contributed by atoms with Gasteiger partial charge in [0, 0.05) is 25.0 Å². The lowest BCUT2D eigenvalue weighted by Crippen LogP contribution is -2.05. The maximum Gasteiger partial charge on any atom is 0.226 e. The van der Waals surface area contributed by atoms with E-state index in [1.165, 1.54) is 0 Å². The Hall–Kier alpha value is -2.21. The molecule has 0 saturated heterocycles. The Bertz CT molecular complexity index is 754. The van der Waals surface area contributed by atoms with Gasteiger partial charge in [-0.05, 0) is 37.1 Å². The average Bonchev–Trinajstić information content (AvgIpc) is 2.99. The van der Waals surface area contributed by atoms with Crippen LogP contribution in [0, 0.1) is 0 Å². The van der Waals surface area contributed by atoms with Crippen LogP contribution < -0.4 is 5.32 Å². The molecule has 0 spiro atoms. The van der Waals surface area contributed by atoms with E-state index in [1.807, 2.05) is 30.5 Å². The first kappa shape index (κ1) is 17.1. The Kier molecular flexibility index (Phi) is 5.87. The highest BCUT2D eigenvalue weighted by Gasteiger charge is 2.13. The second-order valence-corrected chi connectivity index (χ2v) is 5.31. The van der Waals surface area contributed by atoms with Gasteiger partial charge in [0.05, 0.1) is 6.33 Å². The summed E-state index contributed by atoms with van der Waals surface area (Å²) in [5.74, 6) is 0.633. The summed E-state index contributed by atoms with van der Waals surface area (Å²) in [5, 5.41) is 3.45. The molecule has 0 radical (unpaired) electrons. The van der Waals surface area contributed by atoms with Gasteiger partial charge in [-0.2, -0.15) is 9.97 Å². The molecule has 0 amide bonds. The first-order chi connectivity index (χ1) is 11.1. The lowest BCUT2D eigenvalue weighted by molar-refractivity contribution is 0.612. The molecule has 6 nitrogen and oxygen atoms in total. The van der Waals surface area contributed by atoms with Crippen LogP contribution >= 0.6 is 11.6 Å². The minimum absolute atomic E-state index is 0.207. The van der Waals surface area contributed by atoms with Crippen LogP contribution in [0.3, 0.4) is 0 Å². The molecule has 23 heavy (non-hydrogen) atoms. The molecule has 3 aromatic heterocycles. The zero-order valence-corrected chi connectivity index (χ0v) is 14.5. The van der Waals surface area contributed by atoms with Crippen molar-refractivity contribution in [1.82, 2.24) is 24.5 Å². The highest BCUT2D eigenvalue weighted by molar-refractivity contribution is 6.28. The second kappa shape index (κ2) is 7.87. The van der Waals surface area contributed by atoms with Crippen molar-refractivity contribution in [3.63, 3.8) is 0 Å². The molecule has 3 heterocycles. The van der Waals surface area contributed by atoms with Crippen LogP contribution in [0.2, 0.25) is 5.28 Å². The van der Waals surface area contributed by atoms with Gasteiger partial charge in [-0.25, -0.2) is 4.98 Å². The summed E-state index contributed by atoms with van der Waals surface area (Å²) in [7, 11) is 0. The van der Waals surface area contributed by atoms with Crippen molar-refractivity contribution in [3.05, 3.63) is 41.7 Å². The standard InChI is InChI=1S/C14H15ClN6.C2H6/c1-9(2)21-8-18-11-12(19-14(15)20-13(11)21)17-7-10-4-3-5-16-6-10;1-2/h3-6,8-9H,7H2,1-2H3,(H,17,19,20);1-2H3. The number of hydrogen-bond donors (Lipinski definition) is 1. The SMILES string of the molecule is CC.CC(C)n1cnc2c(NCc3cccnc3)nc(Cl)nc21. The van der Waals surface area contributed by atoms with E-state index in [-0.39, 0.29) is 11.3 Å². The van der Waals surface area contributed by atoms with Crippen molar-refractivity contribution in [1.29, 1.82) is 0 Å². The normalized spacial score (nSPS) is 10.5. The number of hydrogen-bond acceptors (Lipinski definition) is 5. The first-order valence-electron chi connectivity index (χ1n) is 7.68. The van der Waals surface area contributed by atoms with E-state index in [1.54, 1.807) is 18.7 Å². The molecular formula is C16H21ClN6. The monoisotopic (exact) mass is 332 g/mol. The molecule has 0 aliphatic rings. The van der Waals surface area contributed by atoms with Gasteiger partial charge in [0.25, 0.3) is 0 Å². The summed E-state index contributed by atoms with van der Waals surface area (Å²) in [6.45, 7) is 8.74. The summed E-state index contributed by atoms with van der Waals surface area (Å²) in [5.41, 5.74) is 2.51. The van der Waals surface area contributed by atoms with Crippen molar-refractivity contribution < 1.29 is 0 Å². The topological polar surface area (TPSA) is 68.5 Å². The lowest BCUT2D eigenvalue weighted by Gasteiger charge is -2.09. The number of nitrogens with zero attached hydrogens (tertiary/aromatic N) is 5. The van der Waals surface area contributed by atoms with Crippen LogP contribution in [0.1, 0.15) is 39.3 Å². The number of halogens is 1. The van der Waals surface area contributed by atoms with Crippen LogP contribution in [0.15, 0.2) is 30.9 Å². The molecule has 0 bridgehead atoms. The van der Waals surface area contributed by atoms with E-state index in [0.29, 0.717) is 12.4 Å². The lowest BCUT2D eigenvalue weighted by atomic mass is 10.3. The third-order valence-electron chi connectivity index (χ3n) is 3.13. The summed E-state index contributed by atoms with van der Waals surface area (Å²) >= 11 is 6.02. The maximum absolute atomic E-state index is 6.02. The maximum atomic E-state index is 6.02. The smallest absolute Gasteiger partial charge is 0.226 e. The Balaban J connectivity index is 0.000000924. The van der Waals surface area contributed by atoms with Crippen molar-refractivity contribution in [3.8, 4) is 0 Å². The van der Waals surface area contributed by atoms with E-state index >= 15 is 0 Å². The number of fused-ring (bicyclic) bond motifs is 1. The van der Waals surface area contributed by atoms with E-state index < -0.39 is 0 Å². The van der Waals surface area contributed by atoms with Crippen molar-refractivity contribution in [2.24, 2.45) is 0 Å². The quantitative estimate of drug-likeness (QED) is 0.729. The molecule has 1 N–H and O–H groups in total. The summed E-state index contributed by atoms with van der Waals surface area (Å²) in [6.07, 6.45) is 5.31. The molecular weight excluding hydrogens is 312 g/mol. The summed E-state index contributed by atoms with van der Waals surface area (Å²) < 4.78 is 1.97. The predicted octanol–water partition coefficient (Wildman–Crippen LogP) is 4.09. The van der Waals surface area contributed by atoms with Crippen molar-refractivity contribution in [2.45, 2.75) is 40.3 Å². The van der Waals surface area contributed by atoms with E-state index in [2.05, 4.69) is 39.1 Å². The van der Waals surface area contributed by atoms with Crippen molar-refractivity contribution in [2.75, 3.05) is 5.32 Å². The molecule has 0 unspecified atom stereocenters. The molecule has 0 saturated carbocycles. The van der Waals surface area contributed by atoms with Crippen molar-refractivity contribution >= 4 is 28.6 Å². The Morgan fingerprint density at radius 3 is 2.70 bits per heavy atom. The molecule has 7 heteroatoms. The van der Waals surface area contributed by atoms with Gasteiger partial charge in [-0.3, -0.25) is 4.98 Å². The number of nitrogens with one attached hydrogen (secondary N) is 1. The molecule has 0 fully saturated rings. The minimum Gasteiger partial charge on any atom is -0.364 e. The zero-order valence-electron chi connectivity index (χ0n) is 13.8. The fourth-order valence-electron chi connectivity index (χ4n) is 2.08. The van der Waals surface area contributed by atoms with Gasteiger partial charge in [0.2, 0.25) is 5.28 Å². The van der Waals surface area contributed by atoms with E-state index in [4.69, 9.17) is 11.6 Å². The van der Waals surface area contributed by atoms with Crippen LogP contribution in [0.5, 0.6) is 0 Å². The Morgan fingerprint density at radius 1 is 1.26 bits per heavy atom. The number of anilines is 1. The van der Waals surface area contributed by atoms with Gasteiger partial charge in [-0.1, -0.05) is 19.9 Å². The summed E-state index contributed by atoms with van der Waals surface area (Å²) in [4.78, 5) is 17.0. The number of imidazole rings is 1. The number of rotatable bonds is 4.